The molecule has 26 heavy (non-hydrogen) atoms. The van der Waals surface area contributed by atoms with Gasteiger partial charge < -0.3 is 15.2 Å². The number of methoxy groups -OCH3 is 1. The third-order valence-electron chi connectivity index (χ3n) is 4.83. The summed E-state index contributed by atoms with van der Waals surface area (Å²) in [6.07, 6.45) is 1.77. The maximum atomic E-state index is 12.7. The quantitative estimate of drug-likeness (QED) is 0.644. The Morgan fingerprint density at radius 2 is 1.96 bits per heavy atom. The summed E-state index contributed by atoms with van der Waals surface area (Å²) in [5.41, 5.74) is 0.961. The molecule has 4 N–H and O–H groups in total. The number of aromatic amines is 2. The van der Waals surface area contributed by atoms with Gasteiger partial charge in [-0.25, -0.2) is 4.79 Å². The zero-order valence-electron chi connectivity index (χ0n) is 14.0. The van der Waals surface area contributed by atoms with E-state index in [0.29, 0.717) is 41.9 Å². The van der Waals surface area contributed by atoms with Crippen LogP contribution >= 0.6 is 0 Å². The number of phenolic OH excluding ortho intramolecular Hbond substituents is 1. The minimum absolute atomic E-state index is 0.0351. The number of H-pyrrole nitrogens is 2. The number of ether oxygens (including phenoxy) is 1. The summed E-state index contributed by atoms with van der Waals surface area (Å²) in [5, 5.41) is 12.9. The summed E-state index contributed by atoms with van der Waals surface area (Å²) in [7, 11) is 1.43. The molecular formula is C18H17N3O5. The number of anilines is 1. The van der Waals surface area contributed by atoms with E-state index in [0.717, 1.165) is 0 Å². The number of carbonyl (C=O) groups is 1. The average Bonchev–Trinajstić information content (AvgIpc) is 2.60. The number of fused-ring (bicyclic) bond motifs is 1. The van der Waals surface area contributed by atoms with E-state index in [-0.39, 0.29) is 22.8 Å². The minimum Gasteiger partial charge on any atom is -0.504 e. The second-order valence-corrected chi connectivity index (χ2v) is 6.36. The van der Waals surface area contributed by atoms with Crippen LogP contribution in [-0.4, -0.2) is 28.0 Å². The number of rotatable bonds is 2. The monoisotopic (exact) mass is 355 g/mol. The second-order valence-electron chi connectivity index (χ2n) is 6.36. The molecule has 4 rings (SSSR count). The Morgan fingerprint density at radius 3 is 2.73 bits per heavy atom. The van der Waals surface area contributed by atoms with Gasteiger partial charge in [0.1, 0.15) is 5.82 Å². The second kappa shape index (κ2) is 5.91. The Bertz CT molecular complexity index is 1060. The molecule has 2 aromatic rings. The van der Waals surface area contributed by atoms with Crippen LogP contribution in [0, 0.1) is 0 Å². The molecule has 1 aromatic carbocycles. The Balaban J connectivity index is 2.01. The Kier molecular flexibility index (Phi) is 3.68. The van der Waals surface area contributed by atoms with Gasteiger partial charge in [-0.05, 0) is 30.5 Å². The SMILES string of the molecule is COc1cc(C2C3=C(CCCC3=O)Nc3[nH]c(=O)[nH]c(=O)c32)ccc1O. The summed E-state index contributed by atoms with van der Waals surface area (Å²) in [5.74, 6) is -0.181. The zero-order chi connectivity index (χ0) is 18.4. The standard InChI is InChI=1S/C18H17N3O5/c1-26-12-7-8(5-6-10(12)22)13-14-9(3-2-4-11(14)23)19-16-15(13)17(24)21-18(25)20-16/h5-7,13,22H,2-4H2,1H3,(H3,19,20,21,24,25). The Labute approximate surface area is 147 Å². The highest BCUT2D eigenvalue weighted by Gasteiger charge is 2.37. The van der Waals surface area contributed by atoms with E-state index >= 15 is 0 Å². The molecule has 1 atom stereocenters. The van der Waals surface area contributed by atoms with Crippen molar-refractivity contribution in [1.29, 1.82) is 0 Å². The molecule has 0 saturated heterocycles. The van der Waals surface area contributed by atoms with E-state index in [1.54, 1.807) is 12.1 Å². The van der Waals surface area contributed by atoms with E-state index in [2.05, 4.69) is 15.3 Å². The van der Waals surface area contributed by atoms with Gasteiger partial charge in [0.15, 0.2) is 17.3 Å². The first-order valence-corrected chi connectivity index (χ1v) is 8.26. The van der Waals surface area contributed by atoms with Gasteiger partial charge in [0.2, 0.25) is 0 Å². The van der Waals surface area contributed by atoms with Crippen LogP contribution in [0.15, 0.2) is 39.1 Å². The molecule has 2 aliphatic rings. The fourth-order valence-corrected chi connectivity index (χ4v) is 3.70. The normalized spacial score (nSPS) is 18.8. The van der Waals surface area contributed by atoms with Crippen LogP contribution in [0.5, 0.6) is 11.5 Å². The summed E-state index contributed by atoms with van der Waals surface area (Å²) >= 11 is 0. The number of phenols is 1. The first-order chi connectivity index (χ1) is 12.5. The number of nitrogens with one attached hydrogen (secondary N) is 3. The predicted octanol–water partition coefficient (Wildman–Crippen LogP) is 1.34. The largest absolute Gasteiger partial charge is 0.504 e. The van der Waals surface area contributed by atoms with Crippen molar-refractivity contribution >= 4 is 11.6 Å². The van der Waals surface area contributed by atoms with E-state index in [1.807, 2.05) is 0 Å². The van der Waals surface area contributed by atoms with Crippen molar-refractivity contribution in [2.24, 2.45) is 0 Å². The van der Waals surface area contributed by atoms with E-state index < -0.39 is 17.2 Å². The van der Waals surface area contributed by atoms with Crippen LogP contribution in [0.4, 0.5) is 5.82 Å². The summed E-state index contributed by atoms with van der Waals surface area (Å²) in [4.78, 5) is 41.7. The number of allylic oxidation sites excluding steroid dienone is 2. The average molecular weight is 355 g/mol. The van der Waals surface area contributed by atoms with Crippen molar-refractivity contribution < 1.29 is 14.6 Å². The number of carbonyl (C=O) groups excluding carboxylic acids is 1. The maximum absolute atomic E-state index is 12.7. The molecular weight excluding hydrogens is 338 g/mol. The topological polar surface area (TPSA) is 124 Å². The number of benzene rings is 1. The van der Waals surface area contributed by atoms with Gasteiger partial charge in [0.25, 0.3) is 5.56 Å². The molecule has 1 unspecified atom stereocenters. The maximum Gasteiger partial charge on any atom is 0.327 e. The number of hydrogen-bond acceptors (Lipinski definition) is 6. The van der Waals surface area contributed by atoms with Gasteiger partial charge in [0.05, 0.1) is 12.7 Å². The minimum atomic E-state index is -0.649. The van der Waals surface area contributed by atoms with Gasteiger partial charge >= 0.3 is 5.69 Å². The molecule has 134 valence electrons. The Hall–Kier alpha value is -3.29. The van der Waals surface area contributed by atoms with Crippen molar-refractivity contribution in [3.63, 3.8) is 0 Å². The number of Topliss-reactive ketones (excluding diaryl/α,β-unsaturated/α-hetero) is 1. The van der Waals surface area contributed by atoms with E-state index in [9.17, 15) is 19.5 Å². The lowest BCUT2D eigenvalue weighted by Crippen LogP contribution is -2.36. The molecule has 2 heterocycles. The highest BCUT2D eigenvalue weighted by atomic mass is 16.5. The molecule has 8 heteroatoms. The molecule has 0 bridgehead atoms. The third kappa shape index (κ3) is 2.42. The van der Waals surface area contributed by atoms with Gasteiger partial charge in [-0.1, -0.05) is 6.07 Å². The highest BCUT2D eigenvalue weighted by Crippen LogP contribution is 2.44. The van der Waals surface area contributed by atoms with Crippen molar-refractivity contribution in [2.75, 3.05) is 12.4 Å². The highest BCUT2D eigenvalue weighted by molar-refractivity contribution is 6.00. The van der Waals surface area contributed by atoms with Crippen LogP contribution in [0.1, 0.15) is 36.3 Å². The smallest absolute Gasteiger partial charge is 0.327 e. The van der Waals surface area contributed by atoms with Gasteiger partial charge in [-0.3, -0.25) is 19.6 Å². The first kappa shape index (κ1) is 16.2. The number of aromatic nitrogens is 2. The summed E-state index contributed by atoms with van der Waals surface area (Å²) < 4.78 is 5.17. The fraction of sp³-hybridized carbons (Fsp3) is 0.278. The van der Waals surface area contributed by atoms with Crippen molar-refractivity contribution in [2.45, 2.75) is 25.2 Å². The van der Waals surface area contributed by atoms with Crippen LogP contribution in [0.25, 0.3) is 0 Å². The molecule has 0 radical (unpaired) electrons. The van der Waals surface area contributed by atoms with Crippen LogP contribution < -0.4 is 21.3 Å². The van der Waals surface area contributed by atoms with Crippen molar-refractivity contribution in [3.05, 3.63) is 61.4 Å². The molecule has 0 spiro atoms. The molecule has 8 nitrogen and oxygen atoms in total. The van der Waals surface area contributed by atoms with Crippen LogP contribution in [-0.2, 0) is 4.79 Å². The predicted molar refractivity (Wildman–Crippen MR) is 93.7 cm³/mol. The number of hydrogen-bond donors (Lipinski definition) is 4. The zero-order valence-corrected chi connectivity index (χ0v) is 14.0. The van der Waals surface area contributed by atoms with E-state index in [4.69, 9.17) is 4.74 Å². The lowest BCUT2D eigenvalue weighted by atomic mass is 9.76. The third-order valence-corrected chi connectivity index (χ3v) is 4.83. The van der Waals surface area contributed by atoms with Crippen LogP contribution in [0.2, 0.25) is 0 Å². The molecule has 0 fully saturated rings. The van der Waals surface area contributed by atoms with Crippen LogP contribution in [0.3, 0.4) is 0 Å². The first-order valence-electron chi connectivity index (χ1n) is 8.26. The summed E-state index contributed by atoms with van der Waals surface area (Å²) in [6.45, 7) is 0. The Morgan fingerprint density at radius 1 is 1.15 bits per heavy atom. The van der Waals surface area contributed by atoms with Crippen molar-refractivity contribution in [3.8, 4) is 11.5 Å². The molecule has 1 aliphatic carbocycles. The number of ketones is 1. The van der Waals surface area contributed by atoms with Crippen molar-refractivity contribution in [1.82, 2.24) is 9.97 Å². The lowest BCUT2D eigenvalue weighted by molar-refractivity contribution is -0.116. The van der Waals surface area contributed by atoms with Gasteiger partial charge in [-0.15, -0.1) is 0 Å². The molecule has 0 amide bonds. The molecule has 1 aromatic heterocycles. The van der Waals surface area contributed by atoms with E-state index in [1.165, 1.54) is 13.2 Å². The van der Waals surface area contributed by atoms with Gasteiger partial charge in [-0.2, -0.15) is 0 Å². The number of aromatic hydroxyl groups is 1. The fourth-order valence-electron chi connectivity index (χ4n) is 3.70. The molecule has 1 aliphatic heterocycles. The lowest BCUT2D eigenvalue weighted by Gasteiger charge is -2.32. The van der Waals surface area contributed by atoms with Gasteiger partial charge in [0, 0.05) is 23.6 Å². The summed E-state index contributed by atoms with van der Waals surface area (Å²) in [6, 6.07) is 4.71. The molecule has 0 saturated carbocycles.